The third kappa shape index (κ3) is 5.90. The van der Waals surface area contributed by atoms with E-state index in [9.17, 15) is 4.57 Å². The Bertz CT molecular complexity index is 2750. The van der Waals surface area contributed by atoms with Gasteiger partial charge in [0, 0.05) is 33.6 Å². The zero-order valence-corrected chi connectivity index (χ0v) is 31.1. The highest BCUT2D eigenvalue weighted by Crippen LogP contribution is 2.51. The summed E-state index contributed by atoms with van der Waals surface area (Å²) >= 11 is 0. The van der Waals surface area contributed by atoms with E-state index >= 15 is 0 Å². The maximum absolute atomic E-state index is 13.1. The largest absolute Gasteiger partial charge is 0.319 e. The van der Waals surface area contributed by atoms with Gasteiger partial charge >= 0.3 is 0 Å². The summed E-state index contributed by atoms with van der Waals surface area (Å²) in [5.41, 5.74) is 13.4. The molecule has 9 rings (SSSR count). The van der Waals surface area contributed by atoms with Gasteiger partial charge in [-0.05, 0) is 93.4 Å². The van der Waals surface area contributed by atoms with Gasteiger partial charge < -0.3 is 4.57 Å². The van der Waals surface area contributed by atoms with Crippen molar-refractivity contribution in [1.82, 2.24) is 15.0 Å². The maximum atomic E-state index is 13.1. The number of nitrogens with zero attached hydrogens (tertiary/aromatic N) is 3. The zero-order chi connectivity index (χ0) is 36.3. The highest BCUT2D eigenvalue weighted by Gasteiger charge is 2.36. The van der Waals surface area contributed by atoms with Crippen molar-refractivity contribution in [1.29, 1.82) is 0 Å². The Balaban J connectivity index is 1.19. The topological polar surface area (TPSA) is 55.7 Å². The van der Waals surface area contributed by atoms with Gasteiger partial charge in [0.2, 0.25) is 0 Å². The van der Waals surface area contributed by atoms with Gasteiger partial charge in [-0.1, -0.05) is 135 Å². The third-order valence-electron chi connectivity index (χ3n) is 10.7. The summed E-state index contributed by atoms with van der Waals surface area (Å²) in [6, 6.07) is 53.1. The quantitative estimate of drug-likeness (QED) is 0.162. The lowest BCUT2D eigenvalue weighted by Gasteiger charge is -2.22. The van der Waals surface area contributed by atoms with E-state index in [2.05, 4.69) is 147 Å². The first-order valence-corrected chi connectivity index (χ1v) is 20.6. The van der Waals surface area contributed by atoms with Crippen LogP contribution in [0.3, 0.4) is 0 Å². The highest BCUT2D eigenvalue weighted by atomic mass is 31.2. The molecule has 0 spiro atoms. The van der Waals surface area contributed by atoms with Crippen LogP contribution in [0.1, 0.15) is 25.0 Å². The summed E-state index contributed by atoms with van der Waals surface area (Å²) in [4.78, 5) is 15.4. The van der Waals surface area contributed by atoms with Crippen LogP contribution in [0.5, 0.6) is 0 Å². The first kappa shape index (κ1) is 32.9. The average molecular weight is 704 g/mol. The minimum Gasteiger partial charge on any atom is -0.319 e. The molecule has 2 heterocycles. The second-order valence-corrected chi connectivity index (χ2v) is 18.1. The molecule has 0 saturated heterocycles. The summed E-state index contributed by atoms with van der Waals surface area (Å²) in [5, 5.41) is 3.26. The molecule has 0 fully saturated rings. The van der Waals surface area contributed by atoms with E-state index in [1.54, 1.807) is 0 Å². The van der Waals surface area contributed by atoms with Gasteiger partial charge in [0.1, 0.15) is 12.8 Å². The van der Waals surface area contributed by atoms with Gasteiger partial charge in [0.05, 0.1) is 11.4 Å². The molecule has 0 unspecified atom stereocenters. The molecule has 0 radical (unpaired) electrons. The molecule has 2 aromatic heterocycles. The predicted molar refractivity (Wildman–Crippen MR) is 221 cm³/mol. The predicted octanol–water partition coefficient (Wildman–Crippen LogP) is 11.9. The number of pyridine rings is 1. The van der Waals surface area contributed by atoms with Crippen LogP contribution >= 0.6 is 7.14 Å². The lowest BCUT2D eigenvalue weighted by Crippen LogP contribution is -2.17. The molecule has 1 aliphatic carbocycles. The number of hydrogen-bond acceptors (Lipinski definition) is 4. The second-order valence-electron chi connectivity index (χ2n) is 14.8. The SMILES string of the molecule is CC1(C)c2ccc(-c3cccnc3-c3nc(-c4ccc(-c5ccccc5)cc4)cc(-c4ccc5ccccc5c4)n3)cc2-c2ccc(P(C)(C)=O)cc21. The molecule has 1 aliphatic rings. The molecule has 0 amide bonds. The van der Waals surface area contributed by atoms with Crippen molar-refractivity contribution >= 4 is 23.2 Å². The third-order valence-corrected chi connectivity index (χ3v) is 12.2. The van der Waals surface area contributed by atoms with Crippen LogP contribution in [0.25, 0.3) is 78.2 Å². The molecule has 4 nitrogen and oxygen atoms in total. The molecule has 0 bridgehead atoms. The van der Waals surface area contributed by atoms with Crippen molar-refractivity contribution in [2.24, 2.45) is 0 Å². The first-order valence-electron chi connectivity index (χ1n) is 18.0. The Morgan fingerprint density at radius 2 is 1.15 bits per heavy atom. The molecule has 0 saturated carbocycles. The number of rotatable bonds is 6. The standard InChI is InChI=1S/C48H38N3OP/c1-48(2)42-25-22-36(28-41(42)40-24-23-38(29-43(40)48)53(3,4)52)39-15-10-26-49-46(39)47-50-44(34-19-16-33(17-20-34)31-11-6-5-7-12-31)30-45(51-47)37-21-18-32-13-8-9-14-35(32)27-37/h5-30H,1-4H3. The Kier molecular flexibility index (Phi) is 7.83. The molecule has 0 aliphatic heterocycles. The molecule has 256 valence electrons. The van der Waals surface area contributed by atoms with Gasteiger partial charge in [-0.25, -0.2) is 9.97 Å². The van der Waals surface area contributed by atoms with Gasteiger partial charge in [-0.15, -0.1) is 0 Å². The average Bonchev–Trinajstić information content (AvgIpc) is 3.42. The van der Waals surface area contributed by atoms with Crippen molar-refractivity contribution in [2.75, 3.05) is 13.3 Å². The maximum Gasteiger partial charge on any atom is 0.179 e. The van der Waals surface area contributed by atoms with Crippen LogP contribution in [-0.4, -0.2) is 28.3 Å². The second kappa shape index (κ2) is 12.6. The van der Waals surface area contributed by atoms with Crippen molar-refractivity contribution in [3.8, 4) is 67.4 Å². The number of fused-ring (bicyclic) bond motifs is 4. The van der Waals surface area contributed by atoms with E-state index < -0.39 is 7.14 Å². The molecular weight excluding hydrogens is 666 g/mol. The zero-order valence-electron chi connectivity index (χ0n) is 30.2. The Labute approximate surface area is 310 Å². The van der Waals surface area contributed by atoms with Crippen LogP contribution < -0.4 is 5.30 Å². The summed E-state index contributed by atoms with van der Waals surface area (Å²) in [6.07, 6.45) is 1.82. The fourth-order valence-corrected chi connectivity index (χ4v) is 8.60. The van der Waals surface area contributed by atoms with E-state index in [4.69, 9.17) is 15.0 Å². The normalized spacial score (nSPS) is 13.1. The van der Waals surface area contributed by atoms with E-state index in [1.807, 2.05) is 37.7 Å². The Morgan fingerprint density at radius 3 is 1.92 bits per heavy atom. The Hall–Kier alpha value is -5.96. The van der Waals surface area contributed by atoms with Crippen molar-refractivity contribution in [3.05, 3.63) is 169 Å². The van der Waals surface area contributed by atoms with Crippen LogP contribution in [0.2, 0.25) is 0 Å². The summed E-state index contributed by atoms with van der Waals surface area (Å²) in [6.45, 7) is 8.20. The van der Waals surface area contributed by atoms with E-state index in [0.29, 0.717) is 5.82 Å². The van der Waals surface area contributed by atoms with E-state index in [-0.39, 0.29) is 5.41 Å². The van der Waals surface area contributed by atoms with Gasteiger partial charge in [0.25, 0.3) is 0 Å². The Morgan fingerprint density at radius 1 is 0.491 bits per heavy atom. The number of aromatic nitrogens is 3. The summed E-state index contributed by atoms with van der Waals surface area (Å²) in [5.74, 6) is 0.570. The number of hydrogen-bond donors (Lipinski definition) is 0. The molecule has 8 aromatic rings. The monoisotopic (exact) mass is 703 g/mol. The smallest absolute Gasteiger partial charge is 0.179 e. The van der Waals surface area contributed by atoms with Gasteiger partial charge in [0.15, 0.2) is 5.82 Å². The van der Waals surface area contributed by atoms with E-state index in [0.717, 1.165) is 55.6 Å². The summed E-state index contributed by atoms with van der Waals surface area (Å²) < 4.78 is 13.1. The van der Waals surface area contributed by atoms with E-state index in [1.165, 1.54) is 33.2 Å². The fourth-order valence-electron chi connectivity index (χ4n) is 7.72. The van der Waals surface area contributed by atoms with Crippen LogP contribution in [0.15, 0.2) is 158 Å². The van der Waals surface area contributed by atoms with Gasteiger partial charge in [-0.3, -0.25) is 4.98 Å². The highest BCUT2D eigenvalue weighted by molar-refractivity contribution is 7.70. The molecular formula is C48H38N3OP. The lowest BCUT2D eigenvalue weighted by atomic mass is 9.82. The minimum absolute atomic E-state index is 0.214. The number of benzene rings is 6. The van der Waals surface area contributed by atoms with Crippen LogP contribution in [0, 0.1) is 0 Å². The summed E-state index contributed by atoms with van der Waals surface area (Å²) in [7, 11) is -2.40. The molecule has 0 atom stereocenters. The van der Waals surface area contributed by atoms with Gasteiger partial charge in [-0.2, -0.15) is 0 Å². The van der Waals surface area contributed by atoms with Crippen molar-refractivity contribution in [3.63, 3.8) is 0 Å². The molecule has 6 aromatic carbocycles. The van der Waals surface area contributed by atoms with Crippen LogP contribution in [0.4, 0.5) is 0 Å². The first-order chi connectivity index (χ1) is 25.6. The van der Waals surface area contributed by atoms with Crippen molar-refractivity contribution < 1.29 is 4.57 Å². The molecule has 5 heteroatoms. The fraction of sp³-hybridized carbons (Fsp3) is 0.104. The molecule has 53 heavy (non-hydrogen) atoms. The molecule has 0 N–H and O–H groups in total. The van der Waals surface area contributed by atoms with Crippen molar-refractivity contribution in [2.45, 2.75) is 19.3 Å². The lowest BCUT2D eigenvalue weighted by molar-refractivity contribution is 0.588. The van der Waals surface area contributed by atoms with Crippen LogP contribution in [-0.2, 0) is 9.98 Å². The minimum atomic E-state index is -2.40.